The lowest BCUT2D eigenvalue weighted by Crippen LogP contribution is -2.38. The van der Waals surface area contributed by atoms with Crippen LogP contribution in [0.4, 0.5) is 5.69 Å². The minimum atomic E-state index is -0.304. The number of aryl methyl sites for hydroxylation is 1. The van der Waals surface area contributed by atoms with Crippen LogP contribution in [0.1, 0.15) is 25.0 Å². The molecule has 9 heteroatoms. The summed E-state index contributed by atoms with van der Waals surface area (Å²) < 4.78 is 23.3. The minimum Gasteiger partial charge on any atom is -0.492 e. The zero-order chi connectivity index (χ0) is 27.4. The summed E-state index contributed by atoms with van der Waals surface area (Å²) in [6, 6.07) is 9.57. The first-order chi connectivity index (χ1) is 18.9. The number of rotatable bonds is 10. The van der Waals surface area contributed by atoms with Gasteiger partial charge in [-0.25, -0.2) is 4.98 Å². The van der Waals surface area contributed by atoms with E-state index < -0.39 is 0 Å². The fraction of sp³-hybridized carbons (Fsp3) is 0.333. The molecule has 9 nitrogen and oxygen atoms in total. The van der Waals surface area contributed by atoms with E-state index in [2.05, 4.69) is 26.8 Å². The lowest BCUT2D eigenvalue weighted by molar-refractivity contribution is -0.113. The summed E-state index contributed by atoms with van der Waals surface area (Å²) >= 11 is 0. The zero-order valence-corrected chi connectivity index (χ0v) is 22.6. The molecule has 0 saturated carbocycles. The predicted molar refractivity (Wildman–Crippen MR) is 150 cm³/mol. The molecule has 1 saturated heterocycles. The van der Waals surface area contributed by atoms with Gasteiger partial charge in [-0.05, 0) is 62.7 Å². The third kappa shape index (κ3) is 6.16. The predicted octanol–water partition coefficient (Wildman–Crippen LogP) is 4.78. The highest BCUT2D eigenvalue weighted by Gasteiger charge is 2.34. The lowest BCUT2D eigenvalue weighted by atomic mass is 10.1. The van der Waals surface area contributed by atoms with Crippen LogP contribution in [-0.2, 0) is 19.0 Å². The standard InChI is InChI=1S/C30H34N4O5/c1-19(2)38-21(4)27-28(35)26(17-22-18-32-29-24(22)6-5-9-31-29)39-30(27)33-25-8-7-23(16-20(25)3)37-15-12-34-10-13-36-14-11-34/h5-9,16-19,33H,4,10-15H2,1-3H3,(H,31,32)/b26-17-. The van der Waals surface area contributed by atoms with Gasteiger partial charge in [0.25, 0.3) is 0 Å². The van der Waals surface area contributed by atoms with Crippen molar-refractivity contribution in [1.82, 2.24) is 14.9 Å². The van der Waals surface area contributed by atoms with E-state index in [1.807, 2.05) is 51.1 Å². The lowest BCUT2D eigenvalue weighted by Gasteiger charge is -2.26. The highest BCUT2D eigenvalue weighted by molar-refractivity contribution is 6.15. The maximum atomic E-state index is 13.5. The van der Waals surface area contributed by atoms with Crippen molar-refractivity contribution < 1.29 is 23.7 Å². The number of benzene rings is 1. The molecule has 0 amide bonds. The number of nitrogens with one attached hydrogen (secondary N) is 2. The number of morpholine rings is 1. The molecule has 1 fully saturated rings. The number of carbonyl (C=O) groups excluding carboxylic acids is 1. The van der Waals surface area contributed by atoms with Crippen LogP contribution in [0.5, 0.6) is 5.75 Å². The van der Waals surface area contributed by atoms with Crippen LogP contribution < -0.4 is 10.1 Å². The molecular formula is C30H34N4O5. The molecule has 3 aromatic rings. The van der Waals surface area contributed by atoms with E-state index in [4.69, 9.17) is 18.9 Å². The van der Waals surface area contributed by atoms with Crippen LogP contribution in [-0.4, -0.2) is 66.2 Å². The number of anilines is 1. The Balaban J connectivity index is 1.34. The Labute approximate surface area is 228 Å². The first kappa shape index (κ1) is 26.5. The SMILES string of the molecule is C=C(OC(C)C)C1=C(Nc2ccc(OCCN3CCOCC3)cc2C)O/C(=C\c2c[nH]c3ncccc23)C1=O. The Kier molecular flexibility index (Phi) is 7.99. The van der Waals surface area contributed by atoms with E-state index in [0.29, 0.717) is 6.61 Å². The van der Waals surface area contributed by atoms with E-state index in [1.165, 1.54) is 0 Å². The number of hydrogen-bond donors (Lipinski definition) is 2. The number of pyridine rings is 1. The molecule has 2 N–H and O–H groups in total. The third-order valence-corrected chi connectivity index (χ3v) is 6.54. The van der Waals surface area contributed by atoms with Crippen LogP contribution in [0.3, 0.4) is 0 Å². The number of H-pyrrole nitrogens is 1. The van der Waals surface area contributed by atoms with E-state index in [-0.39, 0.29) is 34.9 Å². The summed E-state index contributed by atoms with van der Waals surface area (Å²) in [5.41, 5.74) is 3.52. The molecule has 0 bridgehead atoms. The quantitative estimate of drug-likeness (QED) is 0.285. The number of hydrogen-bond acceptors (Lipinski definition) is 8. The number of fused-ring (bicyclic) bond motifs is 1. The highest BCUT2D eigenvalue weighted by Crippen LogP contribution is 2.34. The molecule has 2 aliphatic heterocycles. The summed E-state index contributed by atoms with van der Waals surface area (Å²) in [5, 5.41) is 4.17. The van der Waals surface area contributed by atoms with Crippen LogP contribution in [0, 0.1) is 6.92 Å². The molecule has 2 aromatic heterocycles. The van der Waals surface area contributed by atoms with Crippen molar-refractivity contribution >= 4 is 28.6 Å². The van der Waals surface area contributed by atoms with E-state index in [9.17, 15) is 4.79 Å². The second kappa shape index (κ2) is 11.8. The molecule has 1 aromatic carbocycles. The fourth-order valence-electron chi connectivity index (χ4n) is 4.56. The van der Waals surface area contributed by atoms with Crippen molar-refractivity contribution in [3.05, 3.63) is 83.4 Å². The Hall–Kier alpha value is -4.08. The van der Waals surface area contributed by atoms with Gasteiger partial charge >= 0.3 is 0 Å². The molecule has 0 aliphatic carbocycles. The van der Waals surface area contributed by atoms with Gasteiger partial charge in [0.15, 0.2) is 5.76 Å². The summed E-state index contributed by atoms with van der Waals surface area (Å²) in [5.74, 6) is 1.18. The maximum absolute atomic E-state index is 13.5. The molecule has 0 unspecified atom stereocenters. The molecule has 204 valence electrons. The van der Waals surface area contributed by atoms with E-state index >= 15 is 0 Å². The molecular weight excluding hydrogens is 496 g/mol. The summed E-state index contributed by atoms with van der Waals surface area (Å²) in [7, 11) is 0. The minimum absolute atomic E-state index is 0.151. The first-order valence-electron chi connectivity index (χ1n) is 13.2. The molecule has 0 radical (unpaired) electrons. The van der Waals surface area contributed by atoms with Gasteiger partial charge in [0.05, 0.1) is 19.3 Å². The fourth-order valence-corrected chi connectivity index (χ4v) is 4.56. The number of allylic oxidation sites excluding steroid dienone is 2. The number of nitrogens with zero attached hydrogens (tertiary/aromatic N) is 2. The van der Waals surface area contributed by atoms with Gasteiger partial charge in [-0.15, -0.1) is 0 Å². The van der Waals surface area contributed by atoms with Crippen molar-refractivity contribution in [3.8, 4) is 5.75 Å². The maximum Gasteiger partial charge on any atom is 0.237 e. The Morgan fingerprint density at radius 3 is 2.87 bits per heavy atom. The van der Waals surface area contributed by atoms with Crippen molar-refractivity contribution in [2.24, 2.45) is 0 Å². The largest absolute Gasteiger partial charge is 0.492 e. The van der Waals surface area contributed by atoms with Gasteiger partial charge in [-0.1, -0.05) is 6.58 Å². The van der Waals surface area contributed by atoms with Crippen molar-refractivity contribution in [1.29, 1.82) is 0 Å². The summed E-state index contributed by atoms with van der Waals surface area (Å²) in [6.07, 6.45) is 5.07. The topological polar surface area (TPSA) is 97.9 Å². The number of carbonyl (C=O) groups is 1. The number of ether oxygens (including phenoxy) is 4. The monoisotopic (exact) mass is 530 g/mol. The van der Waals surface area contributed by atoms with Crippen molar-refractivity contribution in [3.63, 3.8) is 0 Å². The van der Waals surface area contributed by atoms with Crippen LogP contribution in [0.15, 0.2) is 72.3 Å². The van der Waals surface area contributed by atoms with Crippen LogP contribution >= 0.6 is 0 Å². The normalized spacial score (nSPS) is 17.2. The molecule has 5 rings (SSSR count). The van der Waals surface area contributed by atoms with Gasteiger partial charge in [-0.3, -0.25) is 9.69 Å². The van der Waals surface area contributed by atoms with Gasteiger partial charge in [0.2, 0.25) is 11.7 Å². The second-order valence-corrected chi connectivity index (χ2v) is 9.78. The number of aromatic amines is 1. The Morgan fingerprint density at radius 2 is 2.10 bits per heavy atom. The molecule has 2 aliphatic rings. The molecule has 0 spiro atoms. The average molecular weight is 531 g/mol. The van der Waals surface area contributed by atoms with Crippen molar-refractivity contribution in [2.75, 3.05) is 44.8 Å². The zero-order valence-electron chi connectivity index (χ0n) is 22.6. The Morgan fingerprint density at radius 1 is 1.28 bits per heavy atom. The third-order valence-electron chi connectivity index (χ3n) is 6.54. The Bertz CT molecular complexity index is 1430. The van der Waals surface area contributed by atoms with Crippen LogP contribution in [0.2, 0.25) is 0 Å². The molecule has 39 heavy (non-hydrogen) atoms. The smallest absolute Gasteiger partial charge is 0.237 e. The van der Waals surface area contributed by atoms with Gasteiger partial charge in [-0.2, -0.15) is 0 Å². The first-order valence-corrected chi connectivity index (χ1v) is 13.2. The second-order valence-electron chi connectivity index (χ2n) is 9.78. The van der Waals surface area contributed by atoms with Gasteiger partial charge < -0.3 is 29.2 Å². The molecule has 0 atom stereocenters. The summed E-state index contributed by atoms with van der Waals surface area (Å²) in [6.45, 7) is 14.6. The van der Waals surface area contributed by atoms with E-state index in [1.54, 1.807) is 18.5 Å². The van der Waals surface area contributed by atoms with Crippen molar-refractivity contribution in [2.45, 2.75) is 26.9 Å². The van der Waals surface area contributed by atoms with E-state index in [0.717, 1.165) is 66.4 Å². The van der Waals surface area contributed by atoms with Gasteiger partial charge in [0, 0.05) is 48.7 Å². The van der Waals surface area contributed by atoms with Gasteiger partial charge in [0.1, 0.15) is 29.3 Å². The number of ketones is 1. The average Bonchev–Trinajstić information content (AvgIpc) is 3.46. The number of aromatic nitrogens is 2. The highest BCUT2D eigenvalue weighted by atomic mass is 16.5. The number of Topliss-reactive ketones (excluding diaryl/α,β-unsaturated/α-hetero) is 1. The van der Waals surface area contributed by atoms with Crippen LogP contribution in [0.25, 0.3) is 17.1 Å². The summed E-state index contributed by atoms with van der Waals surface area (Å²) in [4.78, 5) is 23.3. The molecule has 4 heterocycles.